The van der Waals surface area contributed by atoms with E-state index in [0.717, 1.165) is 18.3 Å². The first kappa shape index (κ1) is 12.8. The lowest BCUT2D eigenvalue weighted by atomic mass is 10.1. The zero-order valence-electron chi connectivity index (χ0n) is 8.40. The number of nitrogens with zero attached hydrogens (tertiary/aromatic N) is 1. The fourth-order valence-electron chi connectivity index (χ4n) is 1.57. The van der Waals surface area contributed by atoms with Crippen molar-refractivity contribution in [3.8, 4) is 0 Å². The maximum atomic E-state index is 13.3. The molecule has 1 aliphatic carbocycles. The van der Waals surface area contributed by atoms with Gasteiger partial charge in [0.15, 0.2) is 5.83 Å². The van der Waals surface area contributed by atoms with Gasteiger partial charge in [-0.3, -0.25) is 4.98 Å². The number of hydrogen-bond acceptors (Lipinski definition) is 1. The number of pyridine rings is 1. The van der Waals surface area contributed by atoms with Crippen LogP contribution in [-0.2, 0) is 0 Å². The van der Waals surface area contributed by atoms with Crippen molar-refractivity contribution in [2.45, 2.75) is 17.8 Å². The first-order valence-corrected chi connectivity index (χ1v) is 4.59. The highest BCUT2D eigenvalue weighted by Crippen LogP contribution is 2.61. The molecule has 0 spiro atoms. The Kier molecular flexibility index (Phi) is 2.47. The van der Waals surface area contributed by atoms with Gasteiger partial charge in [0.2, 0.25) is 0 Å². The summed E-state index contributed by atoms with van der Waals surface area (Å²) in [5.74, 6) is -19.5. The van der Waals surface area contributed by atoms with Crippen LogP contribution in [0.2, 0.25) is 0 Å². The third-order valence-corrected chi connectivity index (χ3v) is 2.52. The molecule has 0 amide bonds. The van der Waals surface area contributed by atoms with Gasteiger partial charge < -0.3 is 0 Å². The van der Waals surface area contributed by atoms with E-state index in [1.807, 2.05) is 0 Å². The topological polar surface area (TPSA) is 12.9 Å². The third kappa shape index (κ3) is 1.31. The predicted octanol–water partition coefficient (Wildman–Crippen LogP) is 3.68. The highest BCUT2D eigenvalue weighted by atomic mass is 19.3. The second-order valence-electron chi connectivity index (χ2n) is 3.63. The standard InChI is InChI=1S/C10H4F7N/c11-7-6(5-3-1-2-4-18-5)8(12,13)10(16,17)9(7,14)15/h1-4H. The molecule has 18 heavy (non-hydrogen) atoms. The van der Waals surface area contributed by atoms with Crippen molar-refractivity contribution in [2.75, 3.05) is 0 Å². The molecule has 2 rings (SSSR count). The molecule has 0 atom stereocenters. The van der Waals surface area contributed by atoms with Crippen LogP contribution in [0.5, 0.6) is 0 Å². The van der Waals surface area contributed by atoms with E-state index in [1.54, 1.807) is 0 Å². The molecule has 0 saturated heterocycles. The van der Waals surface area contributed by atoms with Crippen molar-refractivity contribution in [1.29, 1.82) is 0 Å². The summed E-state index contributed by atoms with van der Waals surface area (Å²) < 4.78 is 91.1. The van der Waals surface area contributed by atoms with Gasteiger partial charge in [-0.15, -0.1) is 0 Å². The summed E-state index contributed by atoms with van der Waals surface area (Å²) in [6, 6.07) is 3.08. The number of alkyl halides is 6. The molecule has 0 bridgehead atoms. The van der Waals surface area contributed by atoms with Crippen molar-refractivity contribution in [3.05, 3.63) is 35.9 Å². The summed E-state index contributed by atoms with van der Waals surface area (Å²) in [7, 11) is 0. The highest BCUT2D eigenvalue weighted by Gasteiger charge is 2.81. The summed E-state index contributed by atoms with van der Waals surface area (Å²) in [6.07, 6.45) is 0.903. The predicted molar refractivity (Wildman–Crippen MR) is 47.1 cm³/mol. The van der Waals surface area contributed by atoms with Crippen LogP contribution in [0.25, 0.3) is 5.57 Å². The van der Waals surface area contributed by atoms with Crippen molar-refractivity contribution in [2.24, 2.45) is 0 Å². The molecule has 0 N–H and O–H groups in total. The van der Waals surface area contributed by atoms with E-state index >= 15 is 0 Å². The molecule has 0 aliphatic heterocycles. The van der Waals surface area contributed by atoms with Gasteiger partial charge >= 0.3 is 17.8 Å². The molecule has 1 nitrogen and oxygen atoms in total. The molecule has 1 aromatic rings. The molecular weight excluding hydrogens is 267 g/mol. The van der Waals surface area contributed by atoms with Gasteiger partial charge in [-0.2, -0.15) is 26.3 Å². The Labute approximate surface area is 95.9 Å². The summed E-state index contributed by atoms with van der Waals surface area (Å²) in [4.78, 5) is 3.19. The van der Waals surface area contributed by atoms with Crippen LogP contribution in [0.3, 0.4) is 0 Å². The molecule has 0 radical (unpaired) electrons. The number of allylic oxidation sites excluding steroid dienone is 2. The lowest BCUT2D eigenvalue weighted by Gasteiger charge is -2.24. The third-order valence-electron chi connectivity index (χ3n) is 2.52. The van der Waals surface area contributed by atoms with E-state index in [-0.39, 0.29) is 0 Å². The maximum Gasteiger partial charge on any atom is 0.383 e. The largest absolute Gasteiger partial charge is 0.383 e. The monoisotopic (exact) mass is 271 g/mol. The molecule has 8 heteroatoms. The average molecular weight is 271 g/mol. The van der Waals surface area contributed by atoms with E-state index in [0.29, 0.717) is 0 Å². The summed E-state index contributed by atoms with van der Waals surface area (Å²) >= 11 is 0. The normalized spacial score (nSPS) is 24.4. The fourth-order valence-corrected chi connectivity index (χ4v) is 1.57. The number of rotatable bonds is 1. The number of hydrogen-bond donors (Lipinski definition) is 0. The van der Waals surface area contributed by atoms with Crippen LogP contribution in [0.4, 0.5) is 30.7 Å². The zero-order chi connectivity index (χ0) is 13.8. The van der Waals surface area contributed by atoms with Gasteiger partial charge in [0.1, 0.15) is 0 Å². The summed E-state index contributed by atoms with van der Waals surface area (Å²) in [5, 5.41) is 0. The molecule has 1 heterocycles. The summed E-state index contributed by atoms with van der Waals surface area (Å²) in [5.41, 5.74) is -3.02. The molecule has 0 aromatic carbocycles. The lowest BCUT2D eigenvalue weighted by molar-refractivity contribution is -0.263. The van der Waals surface area contributed by atoms with E-state index in [9.17, 15) is 30.7 Å². The molecule has 0 saturated carbocycles. The van der Waals surface area contributed by atoms with Crippen LogP contribution in [0.1, 0.15) is 5.69 Å². The van der Waals surface area contributed by atoms with E-state index in [1.165, 1.54) is 6.07 Å². The highest BCUT2D eigenvalue weighted by molar-refractivity contribution is 5.76. The van der Waals surface area contributed by atoms with Gasteiger partial charge in [0.25, 0.3) is 0 Å². The van der Waals surface area contributed by atoms with Crippen molar-refractivity contribution in [1.82, 2.24) is 4.98 Å². The molecule has 1 aromatic heterocycles. The molecule has 0 unspecified atom stereocenters. The molecular formula is C10H4F7N. The summed E-state index contributed by atoms with van der Waals surface area (Å²) in [6.45, 7) is 0. The van der Waals surface area contributed by atoms with E-state index < -0.39 is 34.9 Å². The molecule has 0 fully saturated rings. The average Bonchev–Trinajstić information content (AvgIpc) is 2.37. The first-order chi connectivity index (χ1) is 8.14. The van der Waals surface area contributed by atoms with E-state index in [2.05, 4.69) is 4.98 Å². The van der Waals surface area contributed by atoms with Crippen LogP contribution >= 0.6 is 0 Å². The SMILES string of the molecule is FC1=C(c2ccccn2)C(F)(F)C(F)(F)C1(F)F. The van der Waals surface area contributed by atoms with Crippen LogP contribution in [-0.4, -0.2) is 22.8 Å². The van der Waals surface area contributed by atoms with Gasteiger partial charge in [-0.1, -0.05) is 6.07 Å². The van der Waals surface area contributed by atoms with Crippen LogP contribution in [0, 0.1) is 0 Å². The minimum atomic E-state index is -5.82. The van der Waals surface area contributed by atoms with Gasteiger partial charge in [-0.25, -0.2) is 4.39 Å². The Morgan fingerprint density at radius 1 is 0.889 bits per heavy atom. The fraction of sp³-hybridized carbons (Fsp3) is 0.300. The van der Waals surface area contributed by atoms with Crippen molar-refractivity contribution < 1.29 is 30.7 Å². The number of halogens is 7. The Balaban J connectivity index is 2.70. The molecule has 1 aliphatic rings. The molecule has 98 valence electrons. The minimum absolute atomic E-state index is 0.750. The van der Waals surface area contributed by atoms with Crippen molar-refractivity contribution >= 4 is 5.57 Å². The quantitative estimate of drug-likeness (QED) is 0.710. The van der Waals surface area contributed by atoms with Gasteiger partial charge in [0, 0.05) is 6.20 Å². The van der Waals surface area contributed by atoms with Crippen molar-refractivity contribution in [3.63, 3.8) is 0 Å². The van der Waals surface area contributed by atoms with Gasteiger partial charge in [-0.05, 0) is 12.1 Å². The van der Waals surface area contributed by atoms with E-state index in [4.69, 9.17) is 0 Å². The van der Waals surface area contributed by atoms with Gasteiger partial charge in [0.05, 0.1) is 11.3 Å². The Morgan fingerprint density at radius 2 is 1.50 bits per heavy atom. The Bertz CT molecular complexity index is 506. The first-order valence-electron chi connectivity index (χ1n) is 4.59. The lowest BCUT2D eigenvalue weighted by Crippen LogP contribution is -2.48. The van der Waals surface area contributed by atoms with Crippen LogP contribution in [0.15, 0.2) is 30.2 Å². The zero-order valence-corrected chi connectivity index (χ0v) is 8.40. The number of aromatic nitrogens is 1. The van der Waals surface area contributed by atoms with Crippen LogP contribution < -0.4 is 0 Å². The Hall–Kier alpha value is -1.60. The second kappa shape index (κ2) is 3.46. The minimum Gasteiger partial charge on any atom is -0.256 e. The maximum absolute atomic E-state index is 13.3. The smallest absolute Gasteiger partial charge is 0.256 e. The second-order valence-corrected chi connectivity index (χ2v) is 3.63. The Morgan fingerprint density at radius 3 is 1.89 bits per heavy atom.